The third kappa shape index (κ3) is 3.20. The minimum Gasteiger partial charge on any atom is -0.355 e. The molecule has 0 radical (unpaired) electrons. The zero-order chi connectivity index (χ0) is 15.6. The van der Waals surface area contributed by atoms with Gasteiger partial charge >= 0.3 is 0 Å². The number of hydrogen-bond acceptors (Lipinski definition) is 5. The van der Waals surface area contributed by atoms with E-state index in [0.717, 1.165) is 5.69 Å². The lowest BCUT2D eigenvalue weighted by Crippen LogP contribution is -2.35. The molecule has 2 heterocycles. The summed E-state index contributed by atoms with van der Waals surface area (Å²) in [6.07, 6.45) is 2.37. The van der Waals surface area contributed by atoms with Crippen molar-refractivity contribution in [1.82, 2.24) is 10.3 Å². The van der Waals surface area contributed by atoms with Crippen molar-refractivity contribution in [3.8, 4) is 0 Å². The monoisotopic (exact) mass is 336 g/mol. The van der Waals surface area contributed by atoms with Crippen LogP contribution in [-0.4, -0.2) is 25.9 Å². The molecule has 6 nitrogen and oxygen atoms in total. The number of fused-ring (bicyclic) bond motifs is 1. The van der Waals surface area contributed by atoms with E-state index < -0.39 is 10.0 Å². The second-order valence-corrected chi connectivity index (χ2v) is 6.69. The standard InChI is InChI=1S/C14H13ClN4O2S/c15-10-4-5-13-12(9-10)18-14(19-22(13,20)21)17-8-6-11-3-1-2-7-16-11/h1-5,7,9H,6,8H2,(H2,17,18,19). The fourth-order valence-corrected chi connectivity index (χ4v) is 3.32. The molecule has 0 unspecified atom stereocenters. The van der Waals surface area contributed by atoms with Crippen molar-refractivity contribution in [1.29, 1.82) is 0 Å². The number of halogens is 1. The predicted molar refractivity (Wildman–Crippen MR) is 85.6 cm³/mol. The predicted octanol–water partition coefficient (Wildman–Crippen LogP) is 2.04. The highest BCUT2D eigenvalue weighted by molar-refractivity contribution is 7.90. The van der Waals surface area contributed by atoms with E-state index in [9.17, 15) is 8.42 Å². The maximum Gasteiger partial charge on any atom is 0.287 e. The Morgan fingerprint density at radius 2 is 2.09 bits per heavy atom. The Bertz CT molecular complexity index is 822. The highest BCUT2D eigenvalue weighted by Crippen LogP contribution is 2.29. The quantitative estimate of drug-likeness (QED) is 0.896. The molecule has 1 aromatic heterocycles. The van der Waals surface area contributed by atoms with Crippen LogP contribution in [0.15, 0.2) is 51.9 Å². The van der Waals surface area contributed by atoms with Gasteiger partial charge in [-0.2, -0.15) is 8.42 Å². The van der Waals surface area contributed by atoms with Crippen molar-refractivity contribution in [2.24, 2.45) is 4.40 Å². The topological polar surface area (TPSA) is 83.5 Å². The first-order valence-electron chi connectivity index (χ1n) is 6.60. The minimum absolute atomic E-state index is 0.118. The number of rotatable bonds is 3. The fourth-order valence-electron chi connectivity index (χ4n) is 2.08. The summed E-state index contributed by atoms with van der Waals surface area (Å²) in [4.78, 5) is 4.32. The van der Waals surface area contributed by atoms with Gasteiger partial charge in [0.15, 0.2) is 0 Å². The van der Waals surface area contributed by atoms with Gasteiger partial charge < -0.3 is 10.6 Å². The van der Waals surface area contributed by atoms with E-state index in [1.54, 1.807) is 12.3 Å². The fraction of sp³-hybridized carbons (Fsp3) is 0.143. The normalized spacial score (nSPS) is 15.4. The molecular formula is C14H13ClN4O2S. The third-order valence-electron chi connectivity index (χ3n) is 3.08. The van der Waals surface area contributed by atoms with Crippen LogP contribution >= 0.6 is 11.6 Å². The van der Waals surface area contributed by atoms with Gasteiger partial charge in [-0.1, -0.05) is 17.7 Å². The molecule has 0 amide bonds. The van der Waals surface area contributed by atoms with Crippen molar-refractivity contribution in [2.45, 2.75) is 11.3 Å². The summed E-state index contributed by atoms with van der Waals surface area (Å²) in [6, 6.07) is 10.2. The van der Waals surface area contributed by atoms with E-state index in [4.69, 9.17) is 11.6 Å². The molecule has 0 bridgehead atoms. The smallest absolute Gasteiger partial charge is 0.287 e. The summed E-state index contributed by atoms with van der Waals surface area (Å²) < 4.78 is 27.9. The van der Waals surface area contributed by atoms with Crippen molar-refractivity contribution < 1.29 is 8.42 Å². The number of sulfonamides is 1. The second-order valence-electron chi connectivity index (χ2n) is 4.68. The number of pyridine rings is 1. The van der Waals surface area contributed by atoms with Crippen LogP contribution < -0.4 is 10.6 Å². The molecule has 114 valence electrons. The largest absolute Gasteiger partial charge is 0.355 e. The molecule has 8 heteroatoms. The van der Waals surface area contributed by atoms with Gasteiger partial charge in [-0.25, -0.2) is 0 Å². The number of nitrogens with zero attached hydrogens (tertiary/aromatic N) is 2. The number of nitrogens with one attached hydrogen (secondary N) is 2. The van der Waals surface area contributed by atoms with E-state index in [1.807, 2.05) is 18.2 Å². The zero-order valence-electron chi connectivity index (χ0n) is 11.5. The third-order valence-corrected chi connectivity index (χ3v) is 4.65. The van der Waals surface area contributed by atoms with Gasteiger partial charge in [0.1, 0.15) is 4.90 Å². The second kappa shape index (κ2) is 5.94. The molecule has 2 N–H and O–H groups in total. The molecule has 1 aromatic carbocycles. The van der Waals surface area contributed by atoms with Crippen LogP contribution in [-0.2, 0) is 16.4 Å². The first kappa shape index (κ1) is 14.8. The van der Waals surface area contributed by atoms with Gasteiger partial charge in [0.2, 0.25) is 5.96 Å². The summed E-state index contributed by atoms with van der Waals surface area (Å²) in [7, 11) is -3.71. The van der Waals surface area contributed by atoms with Crippen LogP contribution in [0.4, 0.5) is 5.69 Å². The molecule has 0 fully saturated rings. The van der Waals surface area contributed by atoms with E-state index in [-0.39, 0.29) is 10.9 Å². The van der Waals surface area contributed by atoms with E-state index in [2.05, 4.69) is 20.0 Å². The Labute approximate surface area is 133 Å². The summed E-state index contributed by atoms with van der Waals surface area (Å²) >= 11 is 5.90. The lowest BCUT2D eigenvalue weighted by atomic mass is 10.3. The van der Waals surface area contributed by atoms with E-state index >= 15 is 0 Å². The van der Waals surface area contributed by atoms with Gasteiger partial charge in [0.25, 0.3) is 10.0 Å². The summed E-state index contributed by atoms with van der Waals surface area (Å²) in [5.41, 5.74) is 1.33. The van der Waals surface area contributed by atoms with Gasteiger partial charge in [-0.15, -0.1) is 4.40 Å². The van der Waals surface area contributed by atoms with Crippen molar-refractivity contribution in [3.05, 3.63) is 53.3 Å². The van der Waals surface area contributed by atoms with Crippen LogP contribution in [0.3, 0.4) is 0 Å². The summed E-state index contributed by atoms with van der Waals surface area (Å²) in [5, 5.41) is 6.35. The van der Waals surface area contributed by atoms with E-state index in [1.165, 1.54) is 12.1 Å². The average molecular weight is 337 g/mol. The van der Waals surface area contributed by atoms with Gasteiger partial charge in [-0.3, -0.25) is 4.98 Å². The Kier molecular flexibility index (Phi) is 4.00. The van der Waals surface area contributed by atoms with Gasteiger partial charge in [0.05, 0.1) is 5.69 Å². The molecule has 0 aliphatic carbocycles. The minimum atomic E-state index is -3.71. The van der Waals surface area contributed by atoms with Crippen molar-refractivity contribution in [2.75, 3.05) is 11.9 Å². The molecule has 0 spiro atoms. The number of aromatic nitrogens is 1. The highest BCUT2D eigenvalue weighted by atomic mass is 35.5. The number of guanidine groups is 1. The maximum absolute atomic E-state index is 12.1. The molecule has 0 atom stereocenters. The van der Waals surface area contributed by atoms with Crippen LogP contribution in [0.5, 0.6) is 0 Å². The number of benzene rings is 1. The van der Waals surface area contributed by atoms with Crippen LogP contribution in [0, 0.1) is 0 Å². The van der Waals surface area contributed by atoms with Crippen molar-refractivity contribution in [3.63, 3.8) is 0 Å². The molecule has 0 saturated carbocycles. The molecule has 22 heavy (non-hydrogen) atoms. The SMILES string of the molecule is O=S1(=O)N=C(NCCc2ccccn2)Nc2cc(Cl)ccc21. The Morgan fingerprint density at radius 1 is 1.23 bits per heavy atom. The van der Waals surface area contributed by atoms with Crippen LogP contribution in [0.25, 0.3) is 0 Å². The Balaban J connectivity index is 1.72. The first-order valence-corrected chi connectivity index (χ1v) is 8.42. The highest BCUT2D eigenvalue weighted by Gasteiger charge is 2.24. The van der Waals surface area contributed by atoms with Crippen LogP contribution in [0.2, 0.25) is 5.02 Å². The average Bonchev–Trinajstić information content (AvgIpc) is 2.47. The first-order chi connectivity index (χ1) is 10.5. The Morgan fingerprint density at radius 3 is 2.86 bits per heavy atom. The molecular weight excluding hydrogens is 324 g/mol. The maximum atomic E-state index is 12.1. The lowest BCUT2D eigenvalue weighted by Gasteiger charge is -2.19. The summed E-state index contributed by atoms with van der Waals surface area (Å²) in [6.45, 7) is 0.508. The van der Waals surface area contributed by atoms with Crippen molar-refractivity contribution >= 4 is 33.3 Å². The van der Waals surface area contributed by atoms with Gasteiger partial charge in [-0.05, 0) is 30.3 Å². The zero-order valence-corrected chi connectivity index (χ0v) is 13.0. The molecule has 3 rings (SSSR count). The lowest BCUT2D eigenvalue weighted by molar-refractivity contribution is 0.597. The number of hydrogen-bond donors (Lipinski definition) is 2. The van der Waals surface area contributed by atoms with E-state index in [0.29, 0.717) is 23.7 Å². The molecule has 2 aromatic rings. The molecule has 1 aliphatic rings. The summed E-state index contributed by atoms with van der Waals surface area (Å²) in [5.74, 6) is 0.186. The van der Waals surface area contributed by atoms with Gasteiger partial charge in [0, 0.05) is 29.9 Å². The van der Waals surface area contributed by atoms with Crippen LogP contribution in [0.1, 0.15) is 5.69 Å². The Hall–Kier alpha value is -2.12. The number of anilines is 1. The molecule has 0 saturated heterocycles. The molecule has 1 aliphatic heterocycles.